The van der Waals surface area contributed by atoms with Crippen LogP contribution in [0.2, 0.25) is 0 Å². The van der Waals surface area contributed by atoms with Crippen LogP contribution >= 0.6 is 0 Å². The lowest BCUT2D eigenvalue weighted by atomic mass is 10.1. The van der Waals surface area contributed by atoms with Crippen LogP contribution in [0.15, 0.2) is 24.3 Å². The highest BCUT2D eigenvalue weighted by atomic mass is 16.5. The van der Waals surface area contributed by atoms with Crippen molar-refractivity contribution in [2.45, 2.75) is 38.6 Å². The first kappa shape index (κ1) is 15.3. The summed E-state index contributed by atoms with van der Waals surface area (Å²) in [4.78, 5) is 2.53. The van der Waals surface area contributed by atoms with Crippen LogP contribution in [0.1, 0.15) is 31.7 Å². The number of nitrogens with zero attached hydrogens (tertiary/aromatic N) is 1. The van der Waals surface area contributed by atoms with Gasteiger partial charge in [-0.2, -0.15) is 0 Å². The monoisotopic (exact) mass is 276 g/mol. The van der Waals surface area contributed by atoms with Crippen molar-refractivity contribution in [2.75, 3.05) is 33.3 Å². The van der Waals surface area contributed by atoms with Gasteiger partial charge in [0.05, 0.1) is 6.61 Å². The Kier molecular flexibility index (Phi) is 6.34. The largest absolute Gasteiger partial charge is 0.494 e. The van der Waals surface area contributed by atoms with Crippen LogP contribution in [0.3, 0.4) is 0 Å². The van der Waals surface area contributed by atoms with Gasteiger partial charge >= 0.3 is 0 Å². The summed E-state index contributed by atoms with van der Waals surface area (Å²) in [6.07, 6.45) is 4.92. The minimum absolute atomic E-state index is 0.516. The Bertz CT molecular complexity index is 371. The predicted molar refractivity (Wildman–Crippen MR) is 84.5 cm³/mol. The average molecular weight is 276 g/mol. The van der Waals surface area contributed by atoms with Gasteiger partial charge in [-0.1, -0.05) is 12.1 Å². The third-order valence-electron chi connectivity index (χ3n) is 4.04. The molecule has 1 unspecified atom stereocenters. The molecule has 1 aromatic carbocycles. The Morgan fingerprint density at radius 3 is 2.55 bits per heavy atom. The molecule has 0 spiro atoms. The number of hydrogen-bond acceptors (Lipinski definition) is 3. The van der Waals surface area contributed by atoms with Crippen molar-refractivity contribution in [3.8, 4) is 5.75 Å². The van der Waals surface area contributed by atoms with Gasteiger partial charge in [0.25, 0.3) is 0 Å². The molecule has 0 aliphatic carbocycles. The molecule has 3 heteroatoms. The molecule has 1 atom stereocenters. The number of benzene rings is 1. The lowest BCUT2D eigenvalue weighted by Crippen LogP contribution is -2.23. The molecule has 1 aliphatic heterocycles. The number of ether oxygens (including phenoxy) is 1. The molecule has 0 saturated carbocycles. The van der Waals surface area contributed by atoms with E-state index in [2.05, 4.69) is 41.4 Å². The molecule has 1 fully saturated rings. The molecule has 20 heavy (non-hydrogen) atoms. The number of rotatable bonds is 8. The standard InChI is InChI=1S/C17H28N2O/c1-15(18-2)14-16-6-8-17(9-7-16)20-13-5-12-19-10-3-4-11-19/h6-9,15,18H,3-5,10-14H2,1-2H3. The van der Waals surface area contributed by atoms with Crippen LogP contribution < -0.4 is 10.1 Å². The van der Waals surface area contributed by atoms with E-state index < -0.39 is 0 Å². The maximum absolute atomic E-state index is 5.81. The first-order valence-corrected chi connectivity index (χ1v) is 7.89. The van der Waals surface area contributed by atoms with Crippen molar-refractivity contribution in [3.63, 3.8) is 0 Å². The van der Waals surface area contributed by atoms with Gasteiger partial charge in [0.15, 0.2) is 0 Å². The minimum atomic E-state index is 0.516. The van der Waals surface area contributed by atoms with E-state index in [0.717, 1.165) is 25.2 Å². The molecule has 2 rings (SSSR count). The van der Waals surface area contributed by atoms with Crippen molar-refractivity contribution in [1.29, 1.82) is 0 Å². The summed E-state index contributed by atoms with van der Waals surface area (Å²) in [7, 11) is 2.00. The lowest BCUT2D eigenvalue weighted by molar-refractivity contribution is 0.263. The highest BCUT2D eigenvalue weighted by molar-refractivity contribution is 5.27. The summed E-state index contributed by atoms with van der Waals surface area (Å²) in [5.74, 6) is 0.993. The summed E-state index contributed by atoms with van der Waals surface area (Å²) in [5, 5.41) is 3.26. The van der Waals surface area contributed by atoms with Crippen LogP contribution in [0.4, 0.5) is 0 Å². The van der Waals surface area contributed by atoms with Crippen molar-refractivity contribution in [3.05, 3.63) is 29.8 Å². The fourth-order valence-corrected chi connectivity index (χ4v) is 2.66. The zero-order valence-corrected chi connectivity index (χ0v) is 12.9. The molecule has 1 N–H and O–H groups in total. The predicted octanol–water partition coefficient (Wildman–Crippen LogP) is 2.70. The van der Waals surface area contributed by atoms with Crippen LogP contribution in [0.5, 0.6) is 5.75 Å². The summed E-state index contributed by atoms with van der Waals surface area (Å²) in [6, 6.07) is 9.04. The molecule has 1 saturated heterocycles. The van der Waals surface area contributed by atoms with Crippen LogP contribution in [0.25, 0.3) is 0 Å². The van der Waals surface area contributed by atoms with E-state index in [1.807, 2.05) is 7.05 Å². The van der Waals surface area contributed by atoms with E-state index in [-0.39, 0.29) is 0 Å². The molecule has 1 aliphatic rings. The smallest absolute Gasteiger partial charge is 0.119 e. The summed E-state index contributed by atoms with van der Waals surface area (Å²) in [5.41, 5.74) is 1.36. The Morgan fingerprint density at radius 1 is 1.20 bits per heavy atom. The van der Waals surface area contributed by atoms with Gasteiger partial charge < -0.3 is 15.0 Å². The quantitative estimate of drug-likeness (QED) is 0.739. The molecule has 1 aromatic rings. The molecule has 1 heterocycles. The van der Waals surface area contributed by atoms with Crippen molar-refractivity contribution >= 4 is 0 Å². The maximum Gasteiger partial charge on any atom is 0.119 e. The minimum Gasteiger partial charge on any atom is -0.494 e. The number of hydrogen-bond donors (Lipinski definition) is 1. The SMILES string of the molecule is CNC(C)Cc1ccc(OCCCN2CCCC2)cc1. The van der Waals surface area contributed by atoms with Gasteiger partial charge in [-0.05, 0) is 70.4 Å². The van der Waals surface area contributed by atoms with Gasteiger partial charge in [-0.3, -0.25) is 0 Å². The molecular formula is C17H28N2O. The van der Waals surface area contributed by atoms with Crippen molar-refractivity contribution in [2.24, 2.45) is 0 Å². The summed E-state index contributed by atoms with van der Waals surface area (Å²) < 4.78 is 5.81. The first-order valence-electron chi connectivity index (χ1n) is 7.89. The van der Waals surface area contributed by atoms with Crippen molar-refractivity contribution < 1.29 is 4.74 Å². The topological polar surface area (TPSA) is 24.5 Å². The van der Waals surface area contributed by atoms with E-state index in [9.17, 15) is 0 Å². The molecule has 0 radical (unpaired) electrons. The highest BCUT2D eigenvalue weighted by Gasteiger charge is 2.10. The van der Waals surface area contributed by atoms with Gasteiger partial charge in [-0.15, -0.1) is 0 Å². The fraction of sp³-hybridized carbons (Fsp3) is 0.647. The molecular weight excluding hydrogens is 248 g/mol. The summed E-state index contributed by atoms with van der Waals surface area (Å²) >= 11 is 0. The third kappa shape index (κ3) is 5.14. The highest BCUT2D eigenvalue weighted by Crippen LogP contribution is 2.14. The Balaban J connectivity index is 1.65. The van der Waals surface area contributed by atoms with E-state index in [0.29, 0.717) is 6.04 Å². The first-order chi connectivity index (χ1) is 9.78. The zero-order chi connectivity index (χ0) is 14.2. The second-order valence-corrected chi connectivity index (χ2v) is 5.79. The maximum atomic E-state index is 5.81. The van der Waals surface area contributed by atoms with Gasteiger partial charge in [0.1, 0.15) is 5.75 Å². The second kappa shape index (κ2) is 8.28. The molecule has 112 valence electrons. The molecule has 0 amide bonds. The zero-order valence-electron chi connectivity index (χ0n) is 12.9. The Morgan fingerprint density at radius 2 is 1.90 bits per heavy atom. The third-order valence-corrected chi connectivity index (χ3v) is 4.04. The van der Waals surface area contributed by atoms with E-state index in [1.165, 1.54) is 38.0 Å². The number of nitrogens with one attached hydrogen (secondary N) is 1. The van der Waals surface area contributed by atoms with Gasteiger partial charge in [-0.25, -0.2) is 0 Å². The normalized spacial score (nSPS) is 17.3. The summed E-state index contributed by atoms with van der Waals surface area (Å²) in [6.45, 7) is 6.75. The number of likely N-dealkylation sites (tertiary alicyclic amines) is 1. The Labute approximate surface area is 123 Å². The van der Waals surface area contributed by atoms with E-state index in [4.69, 9.17) is 4.74 Å². The van der Waals surface area contributed by atoms with Crippen LogP contribution in [-0.4, -0.2) is 44.2 Å². The average Bonchev–Trinajstić information content (AvgIpc) is 2.98. The Hall–Kier alpha value is -1.06. The molecule has 0 bridgehead atoms. The number of likely N-dealkylation sites (N-methyl/N-ethyl adjacent to an activating group) is 1. The van der Waals surface area contributed by atoms with Crippen LogP contribution in [0, 0.1) is 0 Å². The second-order valence-electron chi connectivity index (χ2n) is 5.79. The fourth-order valence-electron chi connectivity index (χ4n) is 2.66. The van der Waals surface area contributed by atoms with Crippen LogP contribution in [-0.2, 0) is 6.42 Å². The molecule has 0 aromatic heterocycles. The van der Waals surface area contributed by atoms with E-state index >= 15 is 0 Å². The molecule has 3 nitrogen and oxygen atoms in total. The lowest BCUT2D eigenvalue weighted by Gasteiger charge is -2.14. The van der Waals surface area contributed by atoms with E-state index in [1.54, 1.807) is 0 Å². The van der Waals surface area contributed by atoms with Gasteiger partial charge in [0.2, 0.25) is 0 Å². The van der Waals surface area contributed by atoms with Crippen molar-refractivity contribution in [1.82, 2.24) is 10.2 Å². The van der Waals surface area contributed by atoms with Gasteiger partial charge in [0, 0.05) is 12.6 Å².